The van der Waals surface area contributed by atoms with Crippen molar-refractivity contribution in [3.05, 3.63) is 57.6 Å². The van der Waals surface area contributed by atoms with E-state index < -0.39 is 0 Å². The maximum absolute atomic E-state index is 12.4. The standard InChI is InChI=1S/C15H14Cl2N2O2/c1-19(8-9-2-4-11(20)5-3-9)15(21)10-6-12(16)14(18)13(17)7-10/h2-7,20H,8,18H2,1H3. The zero-order valence-electron chi connectivity index (χ0n) is 11.3. The smallest absolute Gasteiger partial charge is 0.254 e. The number of phenolic OH excluding ortho intramolecular Hbond substituents is 1. The SMILES string of the molecule is CN(Cc1ccc(O)cc1)C(=O)c1cc(Cl)c(N)c(Cl)c1. The third kappa shape index (κ3) is 3.60. The number of halogens is 2. The van der Waals surface area contributed by atoms with Crippen LogP contribution in [0.5, 0.6) is 5.75 Å². The number of carbonyl (C=O) groups is 1. The van der Waals surface area contributed by atoms with E-state index in [-0.39, 0.29) is 27.4 Å². The van der Waals surface area contributed by atoms with Crippen LogP contribution in [0.25, 0.3) is 0 Å². The number of phenols is 1. The number of aromatic hydroxyl groups is 1. The fourth-order valence-electron chi connectivity index (χ4n) is 1.88. The highest BCUT2D eigenvalue weighted by molar-refractivity contribution is 6.39. The molecule has 0 bridgehead atoms. The molecule has 6 heteroatoms. The van der Waals surface area contributed by atoms with Gasteiger partial charge in [-0.05, 0) is 29.8 Å². The predicted molar refractivity (Wildman–Crippen MR) is 84.8 cm³/mol. The molecule has 0 atom stereocenters. The summed E-state index contributed by atoms with van der Waals surface area (Å²) in [6.07, 6.45) is 0. The Bertz CT molecular complexity index is 649. The second-order valence-corrected chi connectivity index (χ2v) is 5.50. The number of benzene rings is 2. The molecular formula is C15H14Cl2N2O2. The topological polar surface area (TPSA) is 66.6 Å². The van der Waals surface area contributed by atoms with E-state index in [2.05, 4.69) is 0 Å². The van der Waals surface area contributed by atoms with Gasteiger partial charge in [-0.1, -0.05) is 35.3 Å². The van der Waals surface area contributed by atoms with Gasteiger partial charge in [0.15, 0.2) is 0 Å². The maximum atomic E-state index is 12.4. The molecule has 0 heterocycles. The number of rotatable bonds is 3. The van der Waals surface area contributed by atoms with Crippen LogP contribution in [0, 0.1) is 0 Å². The monoisotopic (exact) mass is 324 g/mol. The van der Waals surface area contributed by atoms with Crippen LogP contribution in [-0.4, -0.2) is 23.0 Å². The number of nitrogen functional groups attached to an aromatic ring is 1. The van der Waals surface area contributed by atoms with Crippen molar-refractivity contribution >= 4 is 34.8 Å². The lowest BCUT2D eigenvalue weighted by Gasteiger charge is -2.18. The van der Waals surface area contributed by atoms with Crippen molar-refractivity contribution in [3.63, 3.8) is 0 Å². The molecule has 0 aliphatic carbocycles. The van der Waals surface area contributed by atoms with Crippen LogP contribution in [-0.2, 0) is 6.54 Å². The maximum Gasteiger partial charge on any atom is 0.254 e. The van der Waals surface area contributed by atoms with Gasteiger partial charge in [-0.25, -0.2) is 0 Å². The number of hydrogen-bond acceptors (Lipinski definition) is 3. The predicted octanol–water partition coefficient (Wildman–Crippen LogP) is 3.55. The molecule has 0 spiro atoms. The molecule has 0 fully saturated rings. The summed E-state index contributed by atoms with van der Waals surface area (Å²) in [6, 6.07) is 9.65. The van der Waals surface area contributed by atoms with Gasteiger partial charge in [0.1, 0.15) is 5.75 Å². The van der Waals surface area contributed by atoms with E-state index in [1.807, 2.05) is 0 Å². The van der Waals surface area contributed by atoms with E-state index in [4.69, 9.17) is 28.9 Å². The summed E-state index contributed by atoms with van der Waals surface area (Å²) in [5.74, 6) is -0.0308. The zero-order chi connectivity index (χ0) is 15.6. The number of nitrogens with zero attached hydrogens (tertiary/aromatic N) is 1. The molecule has 4 nitrogen and oxygen atoms in total. The van der Waals surface area contributed by atoms with Crippen molar-refractivity contribution < 1.29 is 9.90 Å². The molecule has 0 aliphatic rings. The number of nitrogens with two attached hydrogens (primary N) is 1. The number of anilines is 1. The Morgan fingerprint density at radius 1 is 1.19 bits per heavy atom. The van der Waals surface area contributed by atoms with Gasteiger partial charge < -0.3 is 15.7 Å². The fourth-order valence-corrected chi connectivity index (χ4v) is 2.36. The minimum absolute atomic E-state index is 0.185. The van der Waals surface area contributed by atoms with E-state index in [1.165, 1.54) is 17.0 Å². The van der Waals surface area contributed by atoms with Crippen LogP contribution >= 0.6 is 23.2 Å². The number of hydrogen-bond donors (Lipinski definition) is 2. The molecule has 0 aliphatic heterocycles. The van der Waals surface area contributed by atoms with Crippen molar-refractivity contribution in [3.8, 4) is 5.75 Å². The van der Waals surface area contributed by atoms with Crippen molar-refractivity contribution in [2.75, 3.05) is 12.8 Å². The van der Waals surface area contributed by atoms with E-state index in [0.29, 0.717) is 12.1 Å². The summed E-state index contributed by atoms with van der Waals surface area (Å²) >= 11 is 11.9. The molecule has 21 heavy (non-hydrogen) atoms. The molecule has 110 valence electrons. The summed E-state index contributed by atoms with van der Waals surface area (Å²) < 4.78 is 0. The average Bonchev–Trinajstić information content (AvgIpc) is 2.45. The molecule has 2 aromatic rings. The average molecular weight is 325 g/mol. The lowest BCUT2D eigenvalue weighted by molar-refractivity contribution is 0.0785. The first kappa shape index (κ1) is 15.5. The summed E-state index contributed by atoms with van der Waals surface area (Å²) in [6.45, 7) is 0.402. The quantitative estimate of drug-likeness (QED) is 0.848. The Kier molecular flexibility index (Phi) is 4.60. The molecule has 0 unspecified atom stereocenters. The first-order valence-electron chi connectivity index (χ1n) is 6.16. The first-order chi connectivity index (χ1) is 9.88. The molecule has 2 rings (SSSR count). The Labute approximate surface area is 132 Å². The van der Waals surface area contributed by atoms with Crippen molar-refractivity contribution in [2.45, 2.75) is 6.54 Å². The zero-order valence-corrected chi connectivity index (χ0v) is 12.8. The lowest BCUT2D eigenvalue weighted by atomic mass is 10.1. The largest absolute Gasteiger partial charge is 0.508 e. The molecular weight excluding hydrogens is 311 g/mol. The molecule has 0 radical (unpaired) electrons. The van der Waals surface area contributed by atoms with Crippen LogP contribution in [0.2, 0.25) is 10.0 Å². The summed E-state index contributed by atoms with van der Waals surface area (Å²) in [4.78, 5) is 13.9. The van der Waals surface area contributed by atoms with Gasteiger partial charge in [0.2, 0.25) is 0 Å². The highest BCUT2D eigenvalue weighted by Gasteiger charge is 2.15. The summed E-state index contributed by atoms with van der Waals surface area (Å²) in [5, 5.41) is 9.75. The summed E-state index contributed by atoms with van der Waals surface area (Å²) in [5.41, 5.74) is 7.19. The van der Waals surface area contributed by atoms with Gasteiger partial charge in [-0.15, -0.1) is 0 Å². The summed E-state index contributed by atoms with van der Waals surface area (Å²) in [7, 11) is 1.67. The third-order valence-corrected chi connectivity index (χ3v) is 3.65. The van der Waals surface area contributed by atoms with Crippen LogP contribution in [0.15, 0.2) is 36.4 Å². The van der Waals surface area contributed by atoms with Crippen LogP contribution < -0.4 is 5.73 Å². The van der Waals surface area contributed by atoms with Crippen molar-refractivity contribution in [2.24, 2.45) is 0 Å². The Hall–Kier alpha value is -1.91. The highest BCUT2D eigenvalue weighted by atomic mass is 35.5. The Morgan fingerprint density at radius 3 is 2.24 bits per heavy atom. The Morgan fingerprint density at radius 2 is 1.71 bits per heavy atom. The molecule has 0 saturated heterocycles. The molecule has 2 aromatic carbocycles. The minimum atomic E-state index is -0.216. The van der Waals surface area contributed by atoms with Crippen LogP contribution in [0.1, 0.15) is 15.9 Å². The van der Waals surface area contributed by atoms with Crippen molar-refractivity contribution in [1.82, 2.24) is 4.90 Å². The molecule has 3 N–H and O–H groups in total. The lowest BCUT2D eigenvalue weighted by Crippen LogP contribution is -2.26. The van der Waals surface area contributed by atoms with Gasteiger partial charge >= 0.3 is 0 Å². The number of carbonyl (C=O) groups excluding carboxylic acids is 1. The van der Waals surface area contributed by atoms with Gasteiger partial charge in [0.25, 0.3) is 5.91 Å². The molecule has 1 amide bonds. The van der Waals surface area contributed by atoms with E-state index in [9.17, 15) is 9.90 Å². The second kappa shape index (κ2) is 6.24. The highest BCUT2D eigenvalue weighted by Crippen LogP contribution is 2.29. The number of amides is 1. The van der Waals surface area contributed by atoms with Gasteiger partial charge in [-0.3, -0.25) is 4.79 Å². The fraction of sp³-hybridized carbons (Fsp3) is 0.133. The normalized spacial score (nSPS) is 10.4. The van der Waals surface area contributed by atoms with Gasteiger partial charge in [-0.2, -0.15) is 0 Å². The molecule has 0 aromatic heterocycles. The minimum Gasteiger partial charge on any atom is -0.508 e. The Balaban J connectivity index is 2.17. The van der Waals surface area contributed by atoms with Crippen LogP contribution in [0.3, 0.4) is 0 Å². The molecule has 0 saturated carbocycles. The van der Waals surface area contributed by atoms with Crippen LogP contribution in [0.4, 0.5) is 5.69 Å². The third-order valence-electron chi connectivity index (χ3n) is 3.03. The first-order valence-corrected chi connectivity index (χ1v) is 6.92. The van der Waals surface area contributed by atoms with Crippen molar-refractivity contribution in [1.29, 1.82) is 0 Å². The van der Waals surface area contributed by atoms with E-state index in [0.717, 1.165) is 5.56 Å². The van der Waals surface area contributed by atoms with E-state index >= 15 is 0 Å². The van der Waals surface area contributed by atoms with E-state index in [1.54, 1.807) is 31.3 Å². The second-order valence-electron chi connectivity index (χ2n) is 4.68. The van der Waals surface area contributed by atoms with Gasteiger partial charge in [0.05, 0.1) is 15.7 Å². The van der Waals surface area contributed by atoms with Gasteiger partial charge in [0, 0.05) is 19.2 Å².